The topological polar surface area (TPSA) is 50.5 Å². The zero-order valence-corrected chi connectivity index (χ0v) is 15.6. The van der Waals surface area contributed by atoms with Gasteiger partial charge in [0.25, 0.3) is 5.91 Å². The summed E-state index contributed by atoms with van der Waals surface area (Å²) < 4.78 is 14.9. The highest BCUT2D eigenvalue weighted by atomic mass is 35.5. The first-order chi connectivity index (χ1) is 12.5. The first-order valence-corrected chi connectivity index (χ1v) is 8.84. The molecule has 2 aromatic rings. The summed E-state index contributed by atoms with van der Waals surface area (Å²) in [4.78, 5) is 22.9. The van der Waals surface area contributed by atoms with Crippen LogP contribution in [0.1, 0.15) is 28.7 Å². The first kappa shape index (κ1) is 18.6. The number of aromatic nitrogens is 2. The minimum Gasteiger partial charge on any atom is -0.332 e. The van der Waals surface area contributed by atoms with Crippen molar-refractivity contribution in [1.29, 1.82) is 0 Å². The maximum Gasteiger partial charge on any atom is 0.255 e. The largest absolute Gasteiger partial charge is 0.332 e. The third-order valence-electron chi connectivity index (χ3n) is 4.17. The quantitative estimate of drug-likeness (QED) is 0.726. The Morgan fingerprint density at radius 2 is 2.23 bits per heavy atom. The van der Waals surface area contributed by atoms with Crippen LogP contribution in [0, 0.1) is 0 Å². The SMILES string of the molecule is C/C=C(/F)C=NCn1cnc2c1CCN(C(=O)c1ccc(Cl)cc1Cl)C2. The summed E-state index contributed by atoms with van der Waals surface area (Å²) in [5.41, 5.74) is 2.25. The zero-order valence-electron chi connectivity index (χ0n) is 14.1. The van der Waals surface area contributed by atoms with Crippen LogP contribution in [0.5, 0.6) is 0 Å². The van der Waals surface area contributed by atoms with Crippen LogP contribution in [0.25, 0.3) is 0 Å². The van der Waals surface area contributed by atoms with E-state index in [2.05, 4.69) is 9.98 Å². The van der Waals surface area contributed by atoms with E-state index in [1.54, 1.807) is 36.4 Å². The Hall–Kier alpha value is -2.18. The summed E-state index contributed by atoms with van der Waals surface area (Å²) in [5.74, 6) is -0.532. The first-order valence-electron chi connectivity index (χ1n) is 8.08. The van der Waals surface area contributed by atoms with Gasteiger partial charge >= 0.3 is 0 Å². The lowest BCUT2D eigenvalue weighted by Gasteiger charge is -2.27. The molecule has 136 valence electrons. The van der Waals surface area contributed by atoms with Crippen molar-refractivity contribution in [3.05, 3.63) is 63.4 Å². The van der Waals surface area contributed by atoms with Crippen molar-refractivity contribution >= 4 is 35.3 Å². The lowest BCUT2D eigenvalue weighted by atomic mass is 10.1. The summed E-state index contributed by atoms with van der Waals surface area (Å²) in [6, 6.07) is 4.83. The summed E-state index contributed by atoms with van der Waals surface area (Å²) in [7, 11) is 0. The minimum atomic E-state index is -0.379. The molecule has 0 fully saturated rings. The van der Waals surface area contributed by atoms with Gasteiger partial charge in [-0.15, -0.1) is 0 Å². The average Bonchev–Trinajstić information content (AvgIpc) is 3.03. The molecule has 0 N–H and O–H groups in total. The predicted octanol–water partition coefficient (Wildman–Crippen LogP) is 4.29. The van der Waals surface area contributed by atoms with Crippen LogP contribution in [0.2, 0.25) is 10.0 Å². The van der Waals surface area contributed by atoms with E-state index in [-0.39, 0.29) is 11.7 Å². The molecule has 1 amide bonds. The number of hydrogen-bond acceptors (Lipinski definition) is 3. The highest BCUT2D eigenvalue weighted by Crippen LogP contribution is 2.25. The molecule has 8 heteroatoms. The van der Waals surface area contributed by atoms with Crippen LogP contribution in [0.15, 0.2) is 41.4 Å². The fourth-order valence-corrected chi connectivity index (χ4v) is 3.28. The predicted molar refractivity (Wildman–Crippen MR) is 100 cm³/mol. The maximum atomic E-state index is 13.1. The number of halogens is 3. The Morgan fingerprint density at radius 3 is 2.96 bits per heavy atom. The zero-order chi connectivity index (χ0) is 18.7. The van der Waals surface area contributed by atoms with Gasteiger partial charge in [0.15, 0.2) is 0 Å². The van der Waals surface area contributed by atoms with Crippen molar-refractivity contribution in [3.63, 3.8) is 0 Å². The molecule has 26 heavy (non-hydrogen) atoms. The monoisotopic (exact) mass is 394 g/mol. The van der Waals surface area contributed by atoms with Crippen molar-refractivity contribution in [2.75, 3.05) is 6.54 Å². The molecule has 3 rings (SSSR count). The van der Waals surface area contributed by atoms with Gasteiger partial charge in [0.1, 0.15) is 12.5 Å². The third-order valence-corrected chi connectivity index (χ3v) is 4.71. The Bertz CT molecular complexity index is 891. The van der Waals surface area contributed by atoms with Gasteiger partial charge in [-0.05, 0) is 25.1 Å². The molecule has 2 heterocycles. The van der Waals surface area contributed by atoms with Gasteiger partial charge in [-0.3, -0.25) is 9.79 Å². The maximum absolute atomic E-state index is 13.1. The van der Waals surface area contributed by atoms with Crippen LogP contribution < -0.4 is 0 Å². The van der Waals surface area contributed by atoms with E-state index < -0.39 is 0 Å². The highest BCUT2D eigenvalue weighted by molar-refractivity contribution is 6.36. The number of aliphatic imine (C=N–C) groups is 1. The van der Waals surface area contributed by atoms with Crippen molar-refractivity contribution < 1.29 is 9.18 Å². The lowest BCUT2D eigenvalue weighted by molar-refractivity contribution is 0.0731. The lowest BCUT2D eigenvalue weighted by Crippen LogP contribution is -2.36. The number of hydrogen-bond donors (Lipinski definition) is 0. The summed E-state index contributed by atoms with van der Waals surface area (Å²) in [6.07, 6.45) is 4.85. The van der Waals surface area contributed by atoms with Gasteiger partial charge in [0.05, 0.1) is 35.4 Å². The van der Waals surface area contributed by atoms with Crippen LogP contribution in [0.4, 0.5) is 4.39 Å². The van der Waals surface area contributed by atoms with Gasteiger partial charge in [-0.2, -0.15) is 0 Å². The molecular weight excluding hydrogens is 378 g/mol. The summed E-state index contributed by atoms with van der Waals surface area (Å²) in [5, 5.41) is 0.820. The van der Waals surface area contributed by atoms with Crippen LogP contribution >= 0.6 is 23.2 Å². The fraction of sp³-hybridized carbons (Fsp3) is 0.278. The van der Waals surface area contributed by atoms with Crippen molar-refractivity contribution in [3.8, 4) is 0 Å². The van der Waals surface area contributed by atoms with Gasteiger partial charge in [0, 0.05) is 23.7 Å². The van der Waals surface area contributed by atoms with E-state index in [1.165, 1.54) is 12.3 Å². The molecule has 0 aliphatic carbocycles. The molecule has 0 atom stereocenters. The highest BCUT2D eigenvalue weighted by Gasteiger charge is 2.26. The molecule has 5 nitrogen and oxygen atoms in total. The molecule has 1 aromatic heterocycles. The van der Waals surface area contributed by atoms with Crippen LogP contribution in [-0.2, 0) is 19.6 Å². The smallest absolute Gasteiger partial charge is 0.255 e. The standard InChI is InChI=1S/C18H17Cl2FN4O/c1-2-13(21)8-22-10-25-11-23-16-9-24(6-5-17(16)25)18(26)14-4-3-12(19)7-15(14)20/h2-4,7-8,11H,5-6,9-10H2,1H3/b13-2+,22-8?. The Morgan fingerprint density at radius 1 is 1.42 bits per heavy atom. The third kappa shape index (κ3) is 3.97. The molecule has 1 aliphatic heterocycles. The number of rotatable bonds is 4. The Kier molecular flexibility index (Phi) is 5.74. The second-order valence-corrected chi connectivity index (χ2v) is 6.68. The number of imidazole rings is 1. The second kappa shape index (κ2) is 8.01. The van der Waals surface area contributed by atoms with Crippen molar-refractivity contribution in [2.24, 2.45) is 4.99 Å². The van der Waals surface area contributed by atoms with E-state index in [1.807, 2.05) is 4.57 Å². The number of fused-ring (bicyclic) bond motifs is 1. The van der Waals surface area contributed by atoms with E-state index in [4.69, 9.17) is 23.2 Å². The number of carbonyl (C=O) groups is 1. The molecule has 0 saturated heterocycles. The molecule has 1 aromatic carbocycles. The van der Waals surface area contributed by atoms with Crippen molar-refractivity contribution in [1.82, 2.24) is 14.5 Å². The van der Waals surface area contributed by atoms with Crippen LogP contribution in [0.3, 0.4) is 0 Å². The van der Waals surface area contributed by atoms with Crippen LogP contribution in [-0.4, -0.2) is 33.1 Å². The normalized spacial score (nSPS) is 14.8. The minimum absolute atomic E-state index is 0.153. The van der Waals surface area contributed by atoms with Crippen molar-refractivity contribution in [2.45, 2.75) is 26.6 Å². The molecule has 1 aliphatic rings. The molecule has 0 spiro atoms. The fourth-order valence-electron chi connectivity index (χ4n) is 2.79. The second-order valence-electron chi connectivity index (χ2n) is 5.84. The van der Waals surface area contributed by atoms with E-state index in [0.29, 0.717) is 41.8 Å². The number of nitrogens with zero attached hydrogens (tertiary/aromatic N) is 4. The van der Waals surface area contributed by atoms with E-state index in [0.717, 1.165) is 11.4 Å². The van der Waals surface area contributed by atoms with E-state index >= 15 is 0 Å². The number of amides is 1. The molecule has 0 bridgehead atoms. The van der Waals surface area contributed by atoms with Gasteiger partial charge in [-0.1, -0.05) is 29.3 Å². The number of benzene rings is 1. The van der Waals surface area contributed by atoms with Gasteiger partial charge in [-0.25, -0.2) is 9.37 Å². The molecule has 0 unspecified atom stereocenters. The van der Waals surface area contributed by atoms with Gasteiger partial charge < -0.3 is 9.47 Å². The average molecular weight is 395 g/mol. The summed E-state index contributed by atoms with van der Waals surface area (Å²) in [6.45, 7) is 2.84. The molecule has 0 saturated carbocycles. The molecular formula is C18H17Cl2FN4O. The summed E-state index contributed by atoms with van der Waals surface area (Å²) >= 11 is 12.0. The number of carbonyl (C=O) groups excluding carboxylic acids is 1. The molecule has 0 radical (unpaired) electrons. The Labute approximate surface area is 160 Å². The Balaban J connectivity index is 1.72. The van der Waals surface area contributed by atoms with Gasteiger partial charge in [0.2, 0.25) is 0 Å². The van der Waals surface area contributed by atoms with E-state index in [9.17, 15) is 9.18 Å². The number of allylic oxidation sites excluding steroid dienone is 2.